The van der Waals surface area contributed by atoms with E-state index in [1.807, 2.05) is 20.1 Å². The van der Waals surface area contributed by atoms with Gasteiger partial charge in [-0.3, -0.25) is 4.57 Å². The fraction of sp³-hybridized carbons (Fsp3) is 1.00. The summed E-state index contributed by atoms with van der Waals surface area (Å²) in [5.74, 6) is 0.0870. The molecule has 0 aliphatic rings. The molecule has 0 saturated heterocycles. The summed E-state index contributed by atoms with van der Waals surface area (Å²) in [5, 5.41) is 0. The van der Waals surface area contributed by atoms with Crippen molar-refractivity contribution in [3.8, 4) is 0 Å². The molecule has 0 amide bonds. The molecule has 0 aliphatic heterocycles. The monoisotopic (exact) mass is 247 g/mol. The molecule has 2 atom stereocenters. The van der Waals surface area contributed by atoms with Crippen LogP contribution in [0.4, 0.5) is 0 Å². The molecule has 80 valence electrons. The zero-order chi connectivity index (χ0) is 10.5. The van der Waals surface area contributed by atoms with Crippen LogP contribution in [0.5, 0.6) is 0 Å². The maximum Gasteiger partial charge on any atom is 0.295 e. The molecular formula is C5H12O5PS2-. The van der Waals surface area contributed by atoms with Crippen LogP contribution in [-0.2, 0) is 14.1 Å². The highest BCUT2D eigenvalue weighted by Gasteiger charge is 2.17. The van der Waals surface area contributed by atoms with Crippen molar-refractivity contribution in [3.63, 3.8) is 0 Å². The van der Waals surface area contributed by atoms with Gasteiger partial charge in [-0.2, -0.15) is 4.67 Å². The highest BCUT2D eigenvalue weighted by Crippen LogP contribution is 2.36. The summed E-state index contributed by atoms with van der Waals surface area (Å²) in [6.07, 6.45) is 1.83. The van der Waals surface area contributed by atoms with E-state index in [9.17, 15) is 9.46 Å². The first-order chi connectivity index (χ1) is 5.87. The lowest BCUT2D eigenvalue weighted by Crippen LogP contribution is -2.16. The molecular weight excluding hydrogens is 235 g/mol. The van der Waals surface area contributed by atoms with E-state index in [1.54, 1.807) is 0 Å². The summed E-state index contributed by atoms with van der Waals surface area (Å²) in [6.45, 7) is 3.70. The number of rotatable bonds is 6. The fourth-order valence-electron chi connectivity index (χ4n) is 0.430. The fourth-order valence-corrected chi connectivity index (χ4v) is 2.50. The topological polar surface area (TPSA) is 78.8 Å². The Morgan fingerprint density at radius 3 is 2.38 bits per heavy atom. The Morgan fingerprint density at radius 2 is 2.08 bits per heavy atom. The van der Waals surface area contributed by atoms with Gasteiger partial charge in [0, 0.05) is 0 Å². The Balaban J connectivity index is 3.90. The highest BCUT2D eigenvalue weighted by molar-refractivity contribution is 8.76. The summed E-state index contributed by atoms with van der Waals surface area (Å²) in [6, 6.07) is 0. The minimum Gasteiger partial charge on any atom is -0.755 e. The average Bonchev–Trinajstić information content (AvgIpc) is 1.95. The van der Waals surface area contributed by atoms with E-state index in [-0.39, 0.29) is 5.92 Å². The molecule has 0 aromatic carbocycles. The average molecular weight is 247 g/mol. The molecule has 0 heterocycles. The molecule has 0 radical (unpaired) electrons. The van der Waals surface area contributed by atoms with Gasteiger partial charge < -0.3 is 9.79 Å². The maximum absolute atomic E-state index is 10.2. The molecule has 0 aromatic rings. The van der Waals surface area contributed by atoms with Crippen LogP contribution < -0.4 is 4.89 Å². The third-order valence-electron chi connectivity index (χ3n) is 0.967. The third kappa shape index (κ3) is 7.81. The second-order valence-electron chi connectivity index (χ2n) is 2.51. The summed E-state index contributed by atoms with van der Waals surface area (Å²) in [5.41, 5.74) is -0.426. The quantitative estimate of drug-likeness (QED) is 0.250. The number of hydrogen-bond acceptors (Lipinski definition) is 6. The Kier molecular flexibility index (Phi) is 6.66. The minimum atomic E-state index is -4.78. The predicted molar refractivity (Wildman–Crippen MR) is 51.7 cm³/mol. The van der Waals surface area contributed by atoms with Gasteiger partial charge >= 0.3 is 0 Å². The number of phosphoric acid groups is 1. The third-order valence-corrected chi connectivity index (χ3v) is 3.39. The van der Waals surface area contributed by atoms with E-state index >= 15 is 0 Å². The van der Waals surface area contributed by atoms with Crippen molar-refractivity contribution in [1.29, 1.82) is 0 Å². The van der Waals surface area contributed by atoms with E-state index < -0.39 is 13.3 Å². The van der Waals surface area contributed by atoms with Crippen molar-refractivity contribution in [2.75, 3.05) is 6.26 Å². The van der Waals surface area contributed by atoms with Crippen molar-refractivity contribution < 1.29 is 23.9 Å². The normalized spacial score (nSPS) is 18.6. The van der Waals surface area contributed by atoms with Crippen molar-refractivity contribution in [3.05, 3.63) is 0 Å². The molecule has 1 N–H and O–H groups in total. The molecule has 0 aromatic heterocycles. The van der Waals surface area contributed by atoms with E-state index in [0.717, 1.165) is 0 Å². The Morgan fingerprint density at radius 1 is 1.54 bits per heavy atom. The van der Waals surface area contributed by atoms with Crippen LogP contribution in [0, 0.1) is 5.92 Å². The molecule has 5 nitrogen and oxygen atoms in total. The van der Waals surface area contributed by atoms with E-state index in [0.29, 0.717) is 0 Å². The molecule has 8 heteroatoms. The van der Waals surface area contributed by atoms with Gasteiger partial charge in [0.05, 0.1) is 0 Å². The molecule has 0 spiro atoms. The molecule has 0 aliphatic carbocycles. The molecule has 13 heavy (non-hydrogen) atoms. The number of hydrogen-bond donors (Lipinski definition) is 1. The maximum atomic E-state index is 10.2. The van der Waals surface area contributed by atoms with Crippen LogP contribution in [-0.4, -0.2) is 16.6 Å². The zero-order valence-electron chi connectivity index (χ0n) is 7.50. The highest BCUT2D eigenvalue weighted by atomic mass is 33.1. The van der Waals surface area contributed by atoms with Gasteiger partial charge in [-0.05, 0) is 12.2 Å². The summed E-state index contributed by atoms with van der Waals surface area (Å²) >= 11 is 0. The van der Waals surface area contributed by atoms with E-state index in [1.165, 1.54) is 21.6 Å². The van der Waals surface area contributed by atoms with Gasteiger partial charge in [0.25, 0.3) is 7.82 Å². The summed E-state index contributed by atoms with van der Waals surface area (Å²) < 4.78 is 14.0. The molecule has 0 bridgehead atoms. The lowest BCUT2D eigenvalue weighted by Gasteiger charge is -2.21. The lowest BCUT2D eigenvalue weighted by molar-refractivity contribution is -0.310. The zero-order valence-corrected chi connectivity index (χ0v) is 10.0. The van der Waals surface area contributed by atoms with Crippen molar-refractivity contribution in [1.82, 2.24) is 0 Å². The van der Waals surface area contributed by atoms with Crippen molar-refractivity contribution >= 4 is 29.4 Å². The SMILES string of the molecule is CSSC(OOP(=O)([O-])O)C(C)C. The van der Waals surface area contributed by atoms with Gasteiger partial charge in [0.2, 0.25) is 0 Å². The van der Waals surface area contributed by atoms with Crippen LogP contribution in [0.3, 0.4) is 0 Å². The smallest absolute Gasteiger partial charge is 0.295 e. The van der Waals surface area contributed by atoms with Crippen molar-refractivity contribution in [2.24, 2.45) is 5.92 Å². The molecule has 0 fully saturated rings. The van der Waals surface area contributed by atoms with Crippen LogP contribution in [0.25, 0.3) is 0 Å². The first kappa shape index (κ1) is 13.8. The second kappa shape index (κ2) is 6.29. The van der Waals surface area contributed by atoms with Gasteiger partial charge in [-0.15, -0.1) is 0 Å². The van der Waals surface area contributed by atoms with Gasteiger partial charge in [0.1, 0.15) is 0 Å². The first-order valence-corrected chi connectivity index (χ1v) is 7.57. The Bertz CT molecular complexity index is 182. The first-order valence-electron chi connectivity index (χ1n) is 3.45. The minimum absolute atomic E-state index is 0.0870. The van der Waals surface area contributed by atoms with Gasteiger partial charge in [-0.1, -0.05) is 35.4 Å². The second-order valence-corrected chi connectivity index (χ2v) is 6.17. The van der Waals surface area contributed by atoms with Gasteiger partial charge in [0.15, 0.2) is 5.44 Å². The standard InChI is InChI=1S/C5H13O5PS2/c1-4(2)5(13-12-3)9-10-11(6,7)8/h4-5H,1-3H3,(H2,6,7,8)/p-1. The van der Waals surface area contributed by atoms with Gasteiger partial charge in [-0.25, -0.2) is 4.89 Å². The van der Waals surface area contributed by atoms with Crippen molar-refractivity contribution in [2.45, 2.75) is 19.3 Å². The van der Waals surface area contributed by atoms with Crippen LogP contribution in [0.15, 0.2) is 0 Å². The predicted octanol–water partition coefficient (Wildman–Crippen LogP) is 1.39. The Hall–Kier alpha value is 0.770. The Labute approximate surface area is 85.1 Å². The van der Waals surface area contributed by atoms with E-state index in [2.05, 4.69) is 9.56 Å². The van der Waals surface area contributed by atoms with Crippen LogP contribution in [0.2, 0.25) is 0 Å². The van der Waals surface area contributed by atoms with Crippen LogP contribution in [0.1, 0.15) is 13.8 Å². The van der Waals surface area contributed by atoms with E-state index in [4.69, 9.17) is 4.89 Å². The van der Waals surface area contributed by atoms with Crippen LogP contribution >= 0.6 is 29.4 Å². The largest absolute Gasteiger partial charge is 0.755 e. The summed E-state index contributed by atoms with van der Waals surface area (Å²) in [4.78, 5) is 23.0. The lowest BCUT2D eigenvalue weighted by atomic mass is 10.2. The summed E-state index contributed by atoms with van der Waals surface area (Å²) in [7, 11) is -2.03. The molecule has 2 unspecified atom stereocenters. The molecule has 0 saturated carbocycles. The molecule has 0 rings (SSSR count).